The molecule has 0 radical (unpaired) electrons. The lowest BCUT2D eigenvalue weighted by Gasteiger charge is -2.13. The van der Waals surface area contributed by atoms with Gasteiger partial charge in [-0.1, -0.05) is 30.3 Å². The van der Waals surface area contributed by atoms with Crippen LogP contribution in [-0.2, 0) is 11.3 Å². The van der Waals surface area contributed by atoms with Crippen LogP contribution in [0.1, 0.15) is 24.4 Å². The molecule has 0 aliphatic rings. The number of rotatable bonds is 5. The second kappa shape index (κ2) is 6.20. The van der Waals surface area contributed by atoms with Gasteiger partial charge in [-0.2, -0.15) is 0 Å². The van der Waals surface area contributed by atoms with Crippen molar-refractivity contribution in [2.75, 3.05) is 7.11 Å². The number of hydrogen-bond acceptors (Lipinski definition) is 4. The number of ether oxygens (including phenoxy) is 2. The van der Waals surface area contributed by atoms with E-state index in [-0.39, 0.29) is 17.3 Å². The van der Waals surface area contributed by atoms with Crippen LogP contribution in [0, 0.1) is 0 Å². The van der Waals surface area contributed by atoms with Gasteiger partial charge in [-0.3, -0.25) is 4.79 Å². The van der Waals surface area contributed by atoms with Gasteiger partial charge in [0.1, 0.15) is 12.7 Å². The van der Waals surface area contributed by atoms with E-state index in [0.29, 0.717) is 12.4 Å². The molecule has 0 aliphatic carbocycles. The highest BCUT2D eigenvalue weighted by Crippen LogP contribution is 2.24. The molecule has 1 heterocycles. The van der Waals surface area contributed by atoms with Crippen molar-refractivity contribution in [1.82, 2.24) is 0 Å². The maximum Gasteiger partial charge on any atom is 0.227 e. The summed E-state index contributed by atoms with van der Waals surface area (Å²) >= 11 is 0. The summed E-state index contributed by atoms with van der Waals surface area (Å²) in [6, 6.07) is 11.0. The zero-order chi connectivity index (χ0) is 13.7. The fraction of sp³-hybridized carbons (Fsp3) is 0.267. The van der Waals surface area contributed by atoms with Gasteiger partial charge in [0.05, 0.1) is 6.26 Å². The molecule has 4 nitrogen and oxygen atoms in total. The van der Waals surface area contributed by atoms with E-state index >= 15 is 0 Å². The highest BCUT2D eigenvalue weighted by molar-refractivity contribution is 5.27. The molecule has 0 saturated heterocycles. The SMILES string of the molecule is COC(C)c1occc(=O)c1OCc1ccccc1. The van der Waals surface area contributed by atoms with E-state index in [4.69, 9.17) is 13.9 Å². The third kappa shape index (κ3) is 3.23. The number of benzene rings is 1. The summed E-state index contributed by atoms with van der Waals surface area (Å²) in [4.78, 5) is 11.8. The Labute approximate surface area is 111 Å². The first-order valence-electron chi connectivity index (χ1n) is 6.03. The maximum absolute atomic E-state index is 11.8. The highest BCUT2D eigenvalue weighted by Gasteiger charge is 2.17. The molecule has 0 aliphatic heterocycles. The van der Waals surface area contributed by atoms with E-state index in [2.05, 4.69) is 0 Å². The lowest BCUT2D eigenvalue weighted by Crippen LogP contribution is -2.11. The first-order chi connectivity index (χ1) is 9.22. The predicted octanol–water partition coefficient (Wildman–Crippen LogP) is 2.93. The van der Waals surface area contributed by atoms with E-state index < -0.39 is 0 Å². The Morgan fingerprint density at radius 3 is 2.63 bits per heavy atom. The van der Waals surface area contributed by atoms with Crippen molar-refractivity contribution in [2.24, 2.45) is 0 Å². The molecular weight excluding hydrogens is 244 g/mol. The minimum Gasteiger partial charge on any atom is -0.482 e. The van der Waals surface area contributed by atoms with Gasteiger partial charge in [0, 0.05) is 13.2 Å². The van der Waals surface area contributed by atoms with Crippen molar-refractivity contribution in [3.8, 4) is 5.75 Å². The topological polar surface area (TPSA) is 48.7 Å². The van der Waals surface area contributed by atoms with Crippen LogP contribution in [0.3, 0.4) is 0 Å². The van der Waals surface area contributed by atoms with Gasteiger partial charge < -0.3 is 13.9 Å². The summed E-state index contributed by atoms with van der Waals surface area (Å²) in [5.74, 6) is 0.617. The Morgan fingerprint density at radius 2 is 1.95 bits per heavy atom. The highest BCUT2D eigenvalue weighted by atomic mass is 16.5. The summed E-state index contributed by atoms with van der Waals surface area (Å²) in [5.41, 5.74) is 0.780. The average molecular weight is 260 g/mol. The van der Waals surface area contributed by atoms with Crippen LogP contribution in [-0.4, -0.2) is 7.11 Å². The van der Waals surface area contributed by atoms with Crippen LogP contribution < -0.4 is 10.2 Å². The minimum absolute atomic E-state index is 0.207. The van der Waals surface area contributed by atoms with E-state index in [1.807, 2.05) is 30.3 Å². The normalized spacial score (nSPS) is 12.1. The van der Waals surface area contributed by atoms with Gasteiger partial charge in [-0.15, -0.1) is 0 Å². The molecule has 0 fully saturated rings. The summed E-state index contributed by atoms with van der Waals surface area (Å²) in [7, 11) is 1.55. The molecule has 1 atom stereocenters. The Bertz CT molecular complexity index is 574. The number of hydrogen-bond donors (Lipinski definition) is 0. The zero-order valence-electron chi connectivity index (χ0n) is 11.0. The molecule has 0 bridgehead atoms. The molecule has 0 N–H and O–H groups in total. The molecule has 0 amide bonds. The molecule has 1 unspecified atom stereocenters. The largest absolute Gasteiger partial charge is 0.482 e. The standard InChI is InChI=1S/C15H16O4/c1-11(17-2)14-15(13(16)8-9-18-14)19-10-12-6-4-3-5-7-12/h3-9,11H,10H2,1-2H3. The van der Waals surface area contributed by atoms with E-state index in [0.717, 1.165) is 5.56 Å². The predicted molar refractivity (Wildman–Crippen MR) is 71.2 cm³/mol. The quantitative estimate of drug-likeness (QED) is 0.829. The molecule has 0 spiro atoms. The monoisotopic (exact) mass is 260 g/mol. The van der Waals surface area contributed by atoms with Crippen molar-refractivity contribution in [1.29, 1.82) is 0 Å². The summed E-state index contributed by atoms with van der Waals surface area (Å²) in [6.45, 7) is 2.12. The molecular formula is C15H16O4. The molecule has 2 rings (SSSR count). The molecule has 1 aromatic heterocycles. The second-order valence-electron chi connectivity index (χ2n) is 4.13. The Kier molecular flexibility index (Phi) is 4.36. The lowest BCUT2D eigenvalue weighted by molar-refractivity contribution is 0.0917. The molecule has 2 aromatic rings. The second-order valence-corrected chi connectivity index (χ2v) is 4.13. The summed E-state index contributed by atoms with van der Waals surface area (Å²) in [6.07, 6.45) is 1.02. The molecule has 1 aromatic carbocycles. The summed E-state index contributed by atoms with van der Waals surface area (Å²) < 4.78 is 16.1. The van der Waals surface area contributed by atoms with Crippen molar-refractivity contribution in [3.63, 3.8) is 0 Å². The zero-order valence-corrected chi connectivity index (χ0v) is 11.0. The maximum atomic E-state index is 11.8. The van der Waals surface area contributed by atoms with Crippen molar-refractivity contribution in [3.05, 3.63) is 64.2 Å². The van der Waals surface area contributed by atoms with Crippen molar-refractivity contribution in [2.45, 2.75) is 19.6 Å². The van der Waals surface area contributed by atoms with E-state index in [1.54, 1.807) is 14.0 Å². The lowest BCUT2D eigenvalue weighted by atomic mass is 10.2. The first-order valence-corrected chi connectivity index (χ1v) is 6.03. The van der Waals surface area contributed by atoms with Gasteiger partial charge in [-0.25, -0.2) is 0 Å². The third-order valence-electron chi connectivity index (χ3n) is 2.81. The first kappa shape index (κ1) is 13.4. The van der Waals surface area contributed by atoms with Crippen LogP contribution in [0.15, 0.2) is 51.9 Å². The minimum atomic E-state index is -0.334. The van der Waals surface area contributed by atoms with Gasteiger partial charge in [0.2, 0.25) is 11.2 Å². The van der Waals surface area contributed by atoms with Crippen LogP contribution in [0.2, 0.25) is 0 Å². The van der Waals surface area contributed by atoms with Gasteiger partial charge in [0.15, 0.2) is 5.76 Å². The Hall–Kier alpha value is -2.07. The van der Waals surface area contributed by atoms with Gasteiger partial charge in [0.25, 0.3) is 0 Å². The van der Waals surface area contributed by atoms with E-state index in [1.165, 1.54) is 12.3 Å². The third-order valence-corrected chi connectivity index (χ3v) is 2.81. The smallest absolute Gasteiger partial charge is 0.227 e. The Morgan fingerprint density at radius 1 is 1.21 bits per heavy atom. The van der Waals surface area contributed by atoms with Crippen LogP contribution >= 0.6 is 0 Å². The fourth-order valence-electron chi connectivity index (χ4n) is 1.68. The van der Waals surface area contributed by atoms with Gasteiger partial charge in [-0.05, 0) is 12.5 Å². The molecule has 100 valence electrons. The molecule has 4 heteroatoms. The summed E-state index contributed by atoms with van der Waals surface area (Å²) in [5, 5.41) is 0. The molecule has 0 saturated carbocycles. The van der Waals surface area contributed by atoms with Crippen LogP contribution in [0.4, 0.5) is 0 Å². The van der Waals surface area contributed by atoms with Crippen molar-refractivity contribution >= 4 is 0 Å². The average Bonchev–Trinajstić information content (AvgIpc) is 2.46. The molecule has 19 heavy (non-hydrogen) atoms. The fourth-order valence-corrected chi connectivity index (χ4v) is 1.68. The Balaban J connectivity index is 2.22. The van der Waals surface area contributed by atoms with Crippen LogP contribution in [0.25, 0.3) is 0 Å². The van der Waals surface area contributed by atoms with E-state index in [9.17, 15) is 4.79 Å². The number of methoxy groups -OCH3 is 1. The van der Waals surface area contributed by atoms with Gasteiger partial charge >= 0.3 is 0 Å². The van der Waals surface area contributed by atoms with Crippen molar-refractivity contribution < 1.29 is 13.9 Å². The van der Waals surface area contributed by atoms with Crippen LogP contribution in [0.5, 0.6) is 5.75 Å².